The Hall–Kier alpha value is -12.4. The number of carbonyl (C=O) groups excluding carboxylic acids is 3. The van der Waals surface area contributed by atoms with Crippen molar-refractivity contribution in [3.8, 4) is 28.7 Å². The molecule has 2 aliphatic rings. The molecular weight excluding hydrogens is 1920 g/mol. The van der Waals surface area contributed by atoms with Crippen molar-refractivity contribution in [2.45, 2.75) is 252 Å². The molecule has 2 fully saturated rings. The van der Waals surface area contributed by atoms with E-state index in [9.17, 15) is 45.4 Å². The lowest BCUT2D eigenvalue weighted by Gasteiger charge is -2.22. The van der Waals surface area contributed by atoms with Crippen molar-refractivity contribution in [2.24, 2.45) is 0 Å². The summed E-state index contributed by atoms with van der Waals surface area (Å²) in [4.78, 5) is 41.0. The normalized spacial score (nSPS) is 13.7. The van der Waals surface area contributed by atoms with Crippen LogP contribution in [-0.4, -0.2) is 111 Å². The summed E-state index contributed by atoms with van der Waals surface area (Å²) in [6.07, 6.45) is 16.6. The van der Waals surface area contributed by atoms with Gasteiger partial charge in [0.25, 0.3) is 5.91 Å². The van der Waals surface area contributed by atoms with Crippen LogP contribution in [-0.2, 0) is 69.1 Å². The van der Waals surface area contributed by atoms with E-state index in [1.807, 2.05) is 152 Å². The Morgan fingerprint density at radius 1 is 0.419 bits per heavy atom. The van der Waals surface area contributed by atoms with Crippen molar-refractivity contribution in [3.63, 3.8) is 0 Å². The maximum atomic E-state index is 12.4. The summed E-state index contributed by atoms with van der Waals surface area (Å²) >= 11 is 0. The molecule has 1 heterocycles. The van der Waals surface area contributed by atoms with Gasteiger partial charge in [-0.3, -0.25) is 14.4 Å². The molecule has 14 aromatic rings. The highest BCUT2D eigenvalue weighted by molar-refractivity contribution is 7.97. The Labute approximate surface area is 887 Å². The number of phenolic OH excluding ortho intramolecular Hbond substituents is 2. The maximum absolute atomic E-state index is 12.4. The minimum absolute atomic E-state index is 0.0146. The van der Waals surface area contributed by atoms with Gasteiger partial charge in [-0.15, -0.1) is 0 Å². The fraction of sp³-hybridized carbons (Fsp3) is 0.331. The van der Waals surface area contributed by atoms with E-state index in [-0.39, 0.29) is 52.4 Å². The molecule has 21 heteroatoms. The summed E-state index contributed by atoms with van der Waals surface area (Å²) in [7, 11) is -5.55. The van der Waals surface area contributed by atoms with Crippen LogP contribution in [0.3, 0.4) is 0 Å². The maximum Gasteiger partial charge on any atom is 0.264 e. The lowest BCUT2D eigenvalue weighted by molar-refractivity contribution is -0.120. The van der Waals surface area contributed by atoms with E-state index in [0.717, 1.165) is 72.3 Å². The van der Waals surface area contributed by atoms with Gasteiger partial charge in [-0.2, -0.15) is 0 Å². The number of Topliss-reactive ketones (excluding diaryl/α,β-unsaturated/α-hetero) is 2. The molecule has 1 amide bonds. The van der Waals surface area contributed by atoms with Gasteiger partial charge in [-0.05, 0) is 282 Å². The number of aromatic hydroxyl groups is 2. The average molecular weight is 2080 g/mol. The number of amides is 1. The quantitative estimate of drug-likeness (QED) is 0.0160. The third kappa shape index (κ3) is 39.9. The third-order valence-electron chi connectivity index (χ3n) is 26.9. The van der Waals surface area contributed by atoms with Crippen LogP contribution in [0.2, 0.25) is 0 Å². The first kappa shape index (κ1) is 119. The molecule has 7 atom stereocenters. The van der Waals surface area contributed by atoms with Crippen LogP contribution in [0.1, 0.15) is 267 Å². The van der Waals surface area contributed by atoms with Crippen molar-refractivity contribution in [1.29, 1.82) is 0 Å². The van der Waals surface area contributed by atoms with Crippen molar-refractivity contribution in [3.05, 3.63) is 414 Å². The second-order valence-electron chi connectivity index (χ2n) is 37.4. The van der Waals surface area contributed by atoms with Crippen LogP contribution in [0, 0.1) is 0 Å². The molecule has 1 saturated carbocycles. The van der Waals surface area contributed by atoms with Crippen LogP contribution in [0.15, 0.2) is 382 Å². The summed E-state index contributed by atoms with van der Waals surface area (Å²) in [5.41, 5.74) is 11.0. The van der Waals surface area contributed by atoms with Crippen molar-refractivity contribution < 1.29 is 74.2 Å². The smallest absolute Gasteiger partial charge is 0.264 e. The highest BCUT2D eigenvalue weighted by Gasteiger charge is 2.30. The molecule has 1 aliphatic carbocycles. The minimum atomic E-state index is -4.66. The van der Waals surface area contributed by atoms with Crippen LogP contribution in [0.5, 0.6) is 28.7 Å². The highest BCUT2D eigenvalue weighted by atomic mass is 32.2. The van der Waals surface area contributed by atoms with Gasteiger partial charge >= 0.3 is 0 Å². The topological polar surface area (TPSA) is 255 Å². The minimum Gasteiger partial charge on any atom is -0.744 e. The fourth-order valence-electron chi connectivity index (χ4n) is 16.4. The zero-order valence-corrected chi connectivity index (χ0v) is 91.8. The third-order valence-corrected chi connectivity index (χ3v) is 33.3. The molecule has 784 valence electrons. The molecule has 1 saturated heterocycles. The van der Waals surface area contributed by atoms with Gasteiger partial charge in [-0.1, -0.05) is 339 Å². The molecule has 14 aromatic carbocycles. The molecule has 0 spiro atoms. The van der Waals surface area contributed by atoms with Crippen LogP contribution in [0.25, 0.3) is 10.8 Å². The standard InChI is InChI=1S/C19H23NO5S.C19H24O2.C18H20O4S.C18H15S.C17H26O2.C14H16O.C12H15OS.C10H14O/c1-4-14(2)15-5-9-17(10-6-15)25-13-19(21)20(3)16-7-11-18(12-8-16)26(22,23)24;1-4-15(2)17-11-8-12-18(14-17)21-19(20-3)13-16-9-6-5-7-10-16;1-3-13(2)15-10-8-14(9-11-15)12-17(19)16-6-4-5-7-18(16)23(20,21)22;1-4-10-16(11-5-1)19(17-12-6-2-7-13-17)18-14-8-3-9-15-18;1-3-14(2)15-9-11-17(12-10-15)19-13-18-16-7-5-4-6-8-16;1-3-10(2)11-6-4-8-13-12(11)7-5-9-14(13)15;13-12(10-14-8-4-5-9-14)11-6-2-1-3-7-11;1-3-8(2)9-4-6-10(11)7-5-9/h5-12,14H,4,13H2,1-3H3,(H,22,23,24);5-12,14-15,19H,4,13H2,1-3H3;4-11,13H,3,12H2,1-2H3,(H,20,21,22);1-15H;9-12,14,16H,3-8,13H2,1-2H3;4-10,15H,3H2,1-2H3;1-3,6-7H,4-5,8-10H2;4-8,11H,3H2,1-2H3/q;;;+1;;;+1;/p-2. The Balaban J connectivity index is 0.000000190. The Kier molecular flexibility index (Phi) is 51.1. The summed E-state index contributed by atoms with van der Waals surface area (Å²) in [6.45, 7) is 26.4. The van der Waals surface area contributed by atoms with E-state index in [0.29, 0.717) is 88.0 Å². The number of anilines is 1. The van der Waals surface area contributed by atoms with Crippen molar-refractivity contribution >= 4 is 76.0 Å². The zero-order chi connectivity index (χ0) is 107. The highest BCUT2D eigenvalue weighted by Crippen LogP contribution is 2.36. The molecule has 0 bridgehead atoms. The van der Waals surface area contributed by atoms with Gasteiger partial charge in [0.15, 0.2) is 39.6 Å². The van der Waals surface area contributed by atoms with Crippen LogP contribution >= 0.6 is 0 Å². The van der Waals surface area contributed by atoms with Crippen LogP contribution < -0.4 is 19.1 Å². The lowest BCUT2D eigenvalue weighted by atomic mass is 9.93. The van der Waals surface area contributed by atoms with Gasteiger partial charge in [0.05, 0.1) is 26.8 Å². The zero-order valence-electron chi connectivity index (χ0n) is 88.5. The molecule has 148 heavy (non-hydrogen) atoms. The predicted octanol–water partition coefficient (Wildman–Crippen LogP) is 30.4. The first-order valence-electron chi connectivity index (χ1n) is 51.9. The summed E-state index contributed by atoms with van der Waals surface area (Å²) in [5, 5.41) is 20.9. The molecule has 0 radical (unpaired) electrons. The number of carbonyl (C=O) groups is 3. The predicted molar refractivity (Wildman–Crippen MR) is 606 cm³/mol. The van der Waals surface area contributed by atoms with E-state index < -0.39 is 25.1 Å². The largest absolute Gasteiger partial charge is 0.744 e. The van der Waals surface area contributed by atoms with E-state index >= 15 is 0 Å². The van der Waals surface area contributed by atoms with E-state index in [1.54, 1.807) is 38.4 Å². The number of nitrogens with zero attached hydrogens (tertiary/aromatic N) is 1. The SMILES string of the molecule is CCC(C)c1ccc(CC(=O)c2ccccc2S(=O)(=O)[O-])cc1.CCC(C)c1ccc(O)cc1.CCC(C)c1ccc(OCC(=O)N(C)c2ccc(S(=O)(=O)[O-])cc2)cc1.CCC(C)c1ccc(OCOC2CCCCC2)cc1.CCC(C)c1cccc(OC(Cc2ccccc2)OC)c1.CCC(C)c1cccc2c(O)cccc12.O=C(C[S+]1CCCC1)c1ccccc1.c1ccc([S+](c2ccccc2)c2ccccc2)cc1. The Morgan fingerprint density at radius 3 is 1.34 bits per heavy atom. The van der Waals surface area contributed by atoms with Gasteiger partial charge < -0.3 is 47.9 Å². The molecule has 17 nitrogen and oxygen atoms in total. The first-order valence-corrected chi connectivity index (χ1v) is 57.6. The first-order chi connectivity index (χ1) is 71.3. The summed E-state index contributed by atoms with van der Waals surface area (Å²) in [6, 6.07) is 114. The number of rotatable bonds is 36. The molecule has 16 rings (SSSR count). The number of benzene rings is 14. The van der Waals surface area contributed by atoms with E-state index in [1.165, 1.54) is 169 Å². The number of hydrogen-bond donors (Lipinski definition) is 2. The molecule has 2 N–H and O–H groups in total. The van der Waals surface area contributed by atoms with Crippen molar-refractivity contribution in [2.75, 3.05) is 49.7 Å². The fourth-order valence-corrected chi connectivity index (χ4v) is 21.9. The molecule has 1 aliphatic heterocycles. The second kappa shape index (κ2) is 63.4. The van der Waals surface area contributed by atoms with E-state index in [4.69, 9.17) is 28.8 Å². The van der Waals surface area contributed by atoms with Crippen molar-refractivity contribution in [1.82, 2.24) is 0 Å². The number of phenols is 2. The van der Waals surface area contributed by atoms with E-state index in [2.05, 4.69) is 223 Å². The second-order valence-corrected chi connectivity index (χ2v) is 44.5. The lowest BCUT2D eigenvalue weighted by Crippen LogP contribution is -2.31. The van der Waals surface area contributed by atoms with Gasteiger partial charge in [0, 0.05) is 49.2 Å². The Morgan fingerprint density at radius 2 is 0.858 bits per heavy atom. The van der Waals surface area contributed by atoms with Gasteiger partial charge in [0.2, 0.25) is 12.1 Å². The summed E-state index contributed by atoms with van der Waals surface area (Å²) in [5.74, 6) is 9.30. The number of ketones is 2. The molecular formula is C127H151NO16S4. The summed E-state index contributed by atoms with van der Waals surface area (Å²) < 4.78 is 95.0. The number of ether oxygens (including phenoxy) is 5. The number of methoxy groups -OCH3 is 1. The number of likely N-dealkylation sites (N-methyl/N-ethyl adjacent to an activating group) is 1. The van der Waals surface area contributed by atoms with Gasteiger partial charge in [0.1, 0.15) is 60.5 Å². The average Bonchev–Trinajstić information content (AvgIpc) is 0.973. The number of hydrogen-bond acceptors (Lipinski definition) is 16. The van der Waals surface area contributed by atoms with Gasteiger partial charge in [-0.25, -0.2) is 16.8 Å². The molecule has 0 aromatic heterocycles. The van der Waals surface area contributed by atoms with Crippen LogP contribution in [0.4, 0.5) is 5.69 Å². The Bertz CT molecular complexity index is 6350. The monoisotopic (exact) mass is 2070 g/mol. The molecule has 7 unspecified atom stereocenters. The number of fused-ring (bicyclic) bond motifs is 1.